The van der Waals surface area contributed by atoms with Gasteiger partial charge in [-0.15, -0.1) is 0 Å². The van der Waals surface area contributed by atoms with Gasteiger partial charge < -0.3 is 4.79 Å². The molecular formula is C24H33NO. The van der Waals surface area contributed by atoms with Crippen LogP contribution >= 0.6 is 0 Å². The maximum absolute atomic E-state index is 11.9. The molecule has 2 heteroatoms. The van der Waals surface area contributed by atoms with E-state index < -0.39 is 0 Å². The largest absolute Gasteiger partial charge is 0.302 e. The number of hydrogen-bond donors (Lipinski definition) is 0. The van der Waals surface area contributed by atoms with Crippen LogP contribution in [0.15, 0.2) is 60.7 Å². The standard InChI is InChI=1S/C24H33NO/c1-2-3-4-5-6-13-18-24(21-26)25(19-22-14-9-7-10-15-22)20-23-16-11-8-12-17-23/h7-12,14-17,21,24H,2-6,13,18-20H2,1H3/t24-/m1/s1. The summed E-state index contributed by atoms with van der Waals surface area (Å²) in [5, 5.41) is 0. The van der Waals surface area contributed by atoms with Gasteiger partial charge in [0.05, 0.1) is 6.04 Å². The van der Waals surface area contributed by atoms with E-state index in [2.05, 4.69) is 60.4 Å². The van der Waals surface area contributed by atoms with Crippen molar-refractivity contribution in [1.29, 1.82) is 0 Å². The molecule has 2 rings (SSSR count). The molecule has 2 aromatic rings. The predicted molar refractivity (Wildman–Crippen MR) is 110 cm³/mol. The van der Waals surface area contributed by atoms with Gasteiger partial charge in [-0.1, -0.05) is 106 Å². The van der Waals surface area contributed by atoms with E-state index in [1.54, 1.807) is 0 Å². The van der Waals surface area contributed by atoms with E-state index in [0.717, 1.165) is 32.2 Å². The van der Waals surface area contributed by atoms with Gasteiger partial charge in [0.1, 0.15) is 6.29 Å². The third kappa shape index (κ3) is 7.53. The van der Waals surface area contributed by atoms with Crippen molar-refractivity contribution in [1.82, 2.24) is 4.90 Å². The highest BCUT2D eigenvalue weighted by atomic mass is 16.1. The second kappa shape index (κ2) is 12.4. The first-order valence-electron chi connectivity index (χ1n) is 10.1. The molecule has 0 aromatic heterocycles. The zero-order valence-corrected chi connectivity index (χ0v) is 16.1. The summed E-state index contributed by atoms with van der Waals surface area (Å²) in [6.07, 6.45) is 9.68. The van der Waals surface area contributed by atoms with E-state index in [0.29, 0.717) is 0 Å². The highest BCUT2D eigenvalue weighted by molar-refractivity contribution is 5.57. The van der Waals surface area contributed by atoms with Crippen molar-refractivity contribution < 1.29 is 4.79 Å². The lowest BCUT2D eigenvalue weighted by Crippen LogP contribution is -2.35. The molecule has 0 saturated heterocycles. The van der Waals surface area contributed by atoms with Crippen LogP contribution in [0.1, 0.15) is 63.0 Å². The minimum atomic E-state index is -0.0124. The van der Waals surface area contributed by atoms with Gasteiger partial charge in [-0.25, -0.2) is 0 Å². The topological polar surface area (TPSA) is 20.3 Å². The molecule has 0 fully saturated rings. The molecule has 26 heavy (non-hydrogen) atoms. The Balaban J connectivity index is 1.96. The Hall–Kier alpha value is -1.93. The number of hydrogen-bond acceptors (Lipinski definition) is 2. The molecule has 2 aromatic carbocycles. The third-order valence-corrected chi connectivity index (χ3v) is 4.94. The smallest absolute Gasteiger partial charge is 0.137 e. The number of nitrogens with zero attached hydrogens (tertiary/aromatic N) is 1. The molecule has 140 valence electrons. The summed E-state index contributed by atoms with van der Waals surface area (Å²) in [4.78, 5) is 14.2. The monoisotopic (exact) mass is 351 g/mol. The van der Waals surface area contributed by atoms with Crippen molar-refractivity contribution in [3.63, 3.8) is 0 Å². The molecule has 0 aliphatic rings. The number of rotatable bonds is 13. The van der Waals surface area contributed by atoms with E-state index in [9.17, 15) is 4.79 Å². The molecule has 0 bridgehead atoms. The van der Waals surface area contributed by atoms with Gasteiger partial charge in [0.15, 0.2) is 0 Å². The summed E-state index contributed by atoms with van der Waals surface area (Å²) in [5.74, 6) is 0. The number of carbonyl (C=O) groups is 1. The van der Waals surface area contributed by atoms with Gasteiger partial charge in [0.2, 0.25) is 0 Å². The van der Waals surface area contributed by atoms with Crippen molar-refractivity contribution in [2.45, 2.75) is 71.0 Å². The maximum Gasteiger partial charge on any atom is 0.137 e. The lowest BCUT2D eigenvalue weighted by molar-refractivity contribution is -0.113. The van der Waals surface area contributed by atoms with Crippen LogP contribution in [0.25, 0.3) is 0 Å². The second-order valence-electron chi connectivity index (χ2n) is 7.14. The van der Waals surface area contributed by atoms with Crippen LogP contribution in [0, 0.1) is 0 Å². The van der Waals surface area contributed by atoms with Gasteiger partial charge in [0.25, 0.3) is 0 Å². The summed E-state index contributed by atoms with van der Waals surface area (Å²) in [6.45, 7) is 3.87. The molecule has 0 N–H and O–H groups in total. The minimum Gasteiger partial charge on any atom is -0.302 e. The Bertz CT molecular complexity index is 555. The van der Waals surface area contributed by atoms with Crippen molar-refractivity contribution in [3.8, 4) is 0 Å². The summed E-state index contributed by atoms with van der Waals surface area (Å²) in [6, 6.07) is 20.9. The van der Waals surface area contributed by atoms with Crippen LogP contribution in [-0.4, -0.2) is 17.2 Å². The zero-order valence-electron chi connectivity index (χ0n) is 16.1. The average Bonchev–Trinajstić information content (AvgIpc) is 2.69. The fraction of sp³-hybridized carbons (Fsp3) is 0.458. The van der Waals surface area contributed by atoms with Crippen molar-refractivity contribution in [2.75, 3.05) is 0 Å². The Morgan fingerprint density at radius 1 is 0.769 bits per heavy atom. The first-order valence-corrected chi connectivity index (χ1v) is 10.1. The Morgan fingerprint density at radius 3 is 1.77 bits per heavy atom. The fourth-order valence-electron chi connectivity index (χ4n) is 3.40. The first kappa shape index (κ1) is 20.4. The highest BCUT2D eigenvalue weighted by Gasteiger charge is 2.18. The quantitative estimate of drug-likeness (QED) is 0.325. The Labute approximate surface area is 159 Å². The molecule has 0 spiro atoms. The maximum atomic E-state index is 11.9. The van der Waals surface area contributed by atoms with Crippen molar-refractivity contribution in [3.05, 3.63) is 71.8 Å². The van der Waals surface area contributed by atoms with Crippen LogP contribution in [0.4, 0.5) is 0 Å². The van der Waals surface area contributed by atoms with Crippen LogP contribution < -0.4 is 0 Å². The first-order chi connectivity index (χ1) is 12.8. The van der Waals surface area contributed by atoms with Gasteiger partial charge >= 0.3 is 0 Å². The molecule has 0 radical (unpaired) electrons. The molecule has 2 nitrogen and oxygen atoms in total. The lowest BCUT2D eigenvalue weighted by atomic mass is 10.0. The van der Waals surface area contributed by atoms with E-state index in [1.165, 1.54) is 43.2 Å². The molecule has 0 aliphatic carbocycles. The van der Waals surface area contributed by atoms with E-state index in [4.69, 9.17) is 0 Å². The highest BCUT2D eigenvalue weighted by Crippen LogP contribution is 2.17. The van der Waals surface area contributed by atoms with Crippen molar-refractivity contribution >= 4 is 6.29 Å². The summed E-state index contributed by atoms with van der Waals surface area (Å²) >= 11 is 0. The summed E-state index contributed by atoms with van der Waals surface area (Å²) < 4.78 is 0. The number of carbonyl (C=O) groups excluding carboxylic acids is 1. The van der Waals surface area contributed by atoms with Gasteiger partial charge in [0, 0.05) is 13.1 Å². The molecule has 0 saturated carbocycles. The van der Waals surface area contributed by atoms with Crippen LogP contribution in [0.2, 0.25) is 0 Å². The normalized spacial score (nSPS) is 12.2. The average molecular weight is 352 g/mol. The summed E-state index contributed by atoms with van der Waals surface area (Å²) in [5.41, 5.74) is 2.52. The van der Waals surface area contributed by atoms with E-state index >= 15 is 0 Å². The van der Waals surface area contributed by atoms with Gasteiger partial charge in [-0.05, 0) is 17.5 Å². The number of aldehydes is 1. The second-order valence-corrected chi connectivity index (χ2v) is 7.14. The van der Waals surface area contributed by atoms with Gasteiger partial charge in [-0.2, -0.15) is 0 Å². The van der Waals surface area contributed by atoms with E-state index in [1.807, 2.05) is 12.1 Å². The van der Waals surface area contributed by atoms with Gasteiger partial charge in [-0.3, -0.25) is 4.90 Å². The molecular weight excluding hydrogens is 318 g/mol. The van der Waals surface area contributed by atoms with E-state index in [-0.39, 0.29) is 6.04 Å². The third-order valence-electron chi connectivity index (χ3n) is 4.94. The van der Waals surface area contributed by atoms with Crippen molar-refractivity contribution in [2.24, 2.45) is 0 Å². The fourth-order valence-corrected chi connectivity index (χ4v) is 3.40. The Kier molecular flexibility index (Phi) is 9.74. The molecule has 0 heterocycles. The minimum absolute atomic E-state index is 0.0124. The molecule has 0 unspecified atom stereocenters. The van der Waals surface area contributed by atoms with Crippen LogP contribution in [0.5, 0.6) is 0 Å². The van der Waals surface area contributed by atoms with Crippen LogP contribution in [0.3, 0.4) is 0 Å². The lowest BCUT2D eigenvalue weighted by Gasteiger charge is -2.28. The number of benzene rings is 2. The Morgan fingerprint density at radius 2 is 1.27 bits per heavy atom. The number of unbranched alkanes of at least 4 members (excludes halogenated alkanes) is 5. The molecule has 0 amide bonds. The molecule has 0 aliphatic heterocycles. The summed E-state index contributed by atoms with van der Waals surface area (Å²) in [7, 11) is 0. The van der Waals surface area contributed by atoms with Crippen LogP contribution in [-0.2, 0) is 17.9 Å². The predicted octanol–water partition coefficient (Wildman–Crippen LogP) is 6.01. The SMILES string of the molecule is CCCCCCCC[C@H](C=O)N(Cc1ccccc1)Cc1ccccc1. The zero-order chi connectivity index (χ0) is 18.5. The molecule has 1 atom stereocenters.